The van der Waals surface area contributed by atoms with Crippen molar-refractivity contribution in [3.63, 3.8) is 0 Å². The molecule has 1 rings (SSSR count). The first-order valence-corrected chi connectivity index (χ1v) is 3.36. The minimum absolute atomic E-state index is 0.735. The molecule has 44 valence electrons. The van der Waals surface area contributed by atoms with Crippen molar-refractivity contribution in [3.05, 3.63) is 24.0 Å². The first kappa shape index (κ1) is 5.59. The summed E-state index contributed by atoms with van der Waals surface area (Å²) in [6, 6.07) is 3.98. The number of hydrogen-bond donors (Lipinski definition) is 1. The molecule has 8 heavy (non-hydrogen) atoms. The summed E-state index contributed by atoms with van der Waals surface area (Å²) in [5.74, 6) is 0. The summed E-state index contributed by atoms with van der Waals surface area (Å²) in [7, 11) is 0.815. The molecule has 0 radical (unpaired) electrons. The van der Waals surface area contributed by atoms with Crippen molar-refractivity contribution in [2.45, 2.75) is 6.61 Å². The third-order valence-electron chi connectivity index (χ3n) is 0.962. The molecule has 2 nitrogen and oxygen atoms in total. The smallest absolute Gasteiger partial charge is 0.146 e. The number of nitrogens with one attached hydrogen (secondary N) is 1. The Labute approximate surface area is 51.4 Å². The van der Waals surface area contributed by atoms with Crippen LogP contribution in [0.4, 0.5) is 0 Å². The monoisotopic (exact) mass is 127 g/mol. The lowest BCUT2D eigenvalue weighted by molar-refractivity contribution is 0.333. The molecule has 0 amide bonds. The van der Waals surface area contributed by atoms with Crippen LogP contribution >= 0.6 is 0 Å². The molecule has 0 aliphatic heterocycles. The van der Waals surface area contributed by atoms with Gasteiger partial charge in [0.05, 0.1) is 6.61 Å². The Kier molecular flexibility index (Phi) is 1.88. The summed E-state index contributed by atoms with van der Waals surface area (Å²) < 4.78 is 4.99. The van der Waals surface area contributed by atoms with Crippen molar-refractivity contribution < 1.29 is 4.43 Å². The van der Waals surface area contributed by atoms with E-state index in [1.54, 1.807) is 0 Å². The Hall–Kier alpha value is -0.543. The Morgan fingerprint density at radius 3 is 3.12 bits per heavy atom. The zero-order valence-electron chi connectivity index (χ0n) is 4.85. The lowest BCUT2D eigenvalue weighted by Crippen LogP contribution is -1.86. The molecule has 0 fully saturated rings. The van der Waals surface area contributed by atoms with Gasteiger partial charge in [-0.2, -0.15) is 0 Å². The van der Waals surface area contributed by atoms with Crippen molar-refractivity contribution in [1.29, 1.82) is 0 Å². The molecule has 1 N–H and O–H groups in total. The normalized spacial score (nSPS) is 10.0. The molecule has 0 atom stereocenters. The van der Waals surface area contributed by atoms with Crippen LogP contribution in [0.1, 0.15) is 5.69 Å². The largest absolute Gasteiger partial charge is 0.422 e. The first-order valence-electron chi connectivity index (χ1n) is 2.54. The highest BCUT2D eigenvalue weighted by atomic mass is 28.2. The van der Waals surface area contributed by atoms with Crippen molar-refractivity contribution in [3.8, 4) is 0 Å². The van der Waals surface area contributed by atoms with Crippen LogP contribution in [-0.2, 0) is 11.0 Å². The van der Waals surface area contributed by atoms with E-state index in [9.17, 15) is 0 Å². The quantitative estimate of drug-likeness (QED) is 0.547. The van der Waals surface area contributed by atoms with E-state index in [2.05, 4.69) is 4.98 Å². The molecular weight excluding hydrogens is 118 g/mol. The number of aromatic amines is 1. The maximum atomic E-state index is 4.99. The van der Waals surface area contributed by atoms with Gasteiger partial charge >= 0.3 is 0 Å². The van der Waals surface area contributed by atoms with Gasteiger partial charge in [0.25, 0.3) is 0 Å². The molecule has 0 spiro atoms. The van der Waals surface area contributed by atoms with Gasteiger partial charge in [-0.3, -0.25) is 0 Å². The van der Waals surface area contributed by atoms with Gasteiger partial charge in [-0.25, -0.2) is 0 Å². The number of rotatable bonds is 2. The molecule has 0 aromatic carbocycles. The maximum absolute atomic E-state index is 4.99. The van der Waals surface area contributed by atoms with Gasteiger partial charge in [-0.15, -0.1) is 0 Å². The lowest BCUT2D eigenvalue weighted by Gasteiger charge is -1.91. The average Bonchev–Trinajstić information content (AvgIpc) is 2.19. The highest BCUT2D eigenvalue weighted by molar-refractivity contribution is 5.97. The first-order chi connectivity index (χ1) is 3.93. The van der Waals surface area contributed by atoms with Gasteiger partial charge < -0.3 is 9.41 Å². The molecule has 0 aliphatic rings. The minimum Gasteiger partial charge on any atom is -0.422 e. The van der Waals surface area contributed by atoms with Crippen LogP contribution in [0.5, 0.6) is 0 Å². The van der Waals surface area contributed by atoms with Gasteiger partial charge in [0.1, 0.15) is 10.5 Å². The Balaban J connectivity index is 2.50. The van der Waals surface area contributed by atoms with Gasteiger partial charge in [-0.1, -0.05) is 0 Å². The number of hydrogen-bond acceptors (Lipinski definition) is 1. The molecule has 0 bridgehead atoms. The molecule has 0 saturated carbocycles. The molecular formula is C5H9NOSi. The SMILES string of the molecule is [SiH3]OCc1ccc[nH]1. The Bertz CT molecular complexity index is 138. The fourth-order valence-electron chi connectivity index (χ4n) is 0.613. The lowest BCUT2D eigenvalue weighted by atomic mass is 10.5. The maximum Gasteiger partial charge on any atom is 0.146 e. The van der Waals surface area contributed by atoms with Crippen molar-refractivity contribution in [2.24, 2.45) is 0 Å². The summed E-state index contributed by atoms with van der Waals surface area (Å²) in [4.78, 5) is 3.04. The molecule has 1 aromatic rings. The molecule has 3 heteroatoms. The Morgan fingerprint density at radius 2 is 2.62 bits per heavy atom. The highest BCUT2D eigenvalue weighted by Gasteiger charge is 1.85. The van der Waals surface area contributed by atoms with Crippen LogP contribution in [0.2, 0.25) is 0 Å². The second-order valence-corrected chi connectivity index (χ2v) is 2.21. The van der Waals surface area contributed by atoms with Crippen LogP contribution in [0.3, 0.4) is 0 Å². The van der Waals surface area contributed by atoms with Crippen LogP contribution in [0.15, 0.2) is 18.3 Å². The topological polar surface area (TPSA) is 25.0 Å². The van der Waals surface area contributed by atoms with E-state index in [4.69, 9.17) is 4.43 Å². The van der Waals surface area contributed by atoms with E-state index in [1.165, 1.54) is 0 Å². The van der Waals surface area contributed by atoms with Crippen LogP contribution in [-0.4, -0.2) is 15.5 Å². The fourth-order valence-corrected chi connectivity index (χ4v) is 0.924. The second kappa shape index (κ2) is 2.69. The average molecular weight is 127 g/mol. The fraction of sp³-hybridized carbons (Fsp3) is 0.200. The van der Waals surface area contributed by atoms with E-state index < -0.39 is 0 Å². The van der Waals surface area contributed by atoms with E-state index in [0.29, 0.717) is 0 Å². The van der Waals surface area contributed by atoms with Crippen molar-refractivity contribution in [1.82, 2.24) is 4.98 Å². The van der Waals surface area contributed by atoms with Crippen molar-refractivity contribution in [2.75, 3.05) is 0 Å². The minimum atomic E-state index is 0.735. The predicted octanol–water partition coefficient (Wildman–Crippen LogP) is -0.188. The van der Waals surface area contributed by atoms with Gasteiger partial charge in [0.2, 0.25) is 0 Å². The van der Waals surface area contributed by atoms with Crippen LogP contribution in [0, 0.1) is 0 Å². The van der Waals surface area contributed by atoms with E-state index in [0.717, 1.165) is 22.8 Å². The van der Waals surface area contributed by atoms with Gasteiger partial charge in [-0.05, 0) is 12.1 Å². The zero-order valence-corrected chi connectivity index (χ0v) is 6.85. The van der Waals surface area contributed by atoms with E-state index in [1.807, 2.05) is 18.3 Å². The standard InChI is InChI=1S/C5H9NOSi/c8-7-4-5-2-1-3-6-5/h1-3,6H,4H2,8H3. The van der Waals surface area contributed by atoms with E-state index in [-0.39, 0.29) is 0 Å². The number of aromatic nitrogens is 1. The molecule has 0 aliphatic carbocycles. The van der Waals surface area contributed by atoms with E-state index >= 15 is 0 Å². The van der Waals surface area contributed by atoms with Crippen LogP contribution in [0.25, 0.3) is 0 Å². The summed E-state index contributed by atoms with van der Waals surface area (Å²) in [5.41, 5.74) is 1.15. The van der Waals surface area contributed by atoms with Gasteiger partial charge in [0, 0.05) is 11.9 Å². The summed E-state index contributed by atoms with van der Waals surface area (Å²) in [6.45, 7) is 0.735. The van der Waals surface area contributed by atoms with Gasteiger partial charge in [0.15, 0.2) is 0 Å². The summed E-state index contributed by atoms with van der Waals surface area (Å²) in [5, 5.41) is 0. The van der Waals surface area contributed by atoms with Crippen LogP contribution < -0.4 is 0 Å². The summed E-state index contributed by atoms with van der Waals surface area (Å²) >= 11 is 0. The second-order valence-electron chi connectivity index (χ2n) is 1.63. The predicted molar refractivity (Wildman–Crippen MR) is 35.5 cm³/mol. The summed E-state index contributed by atoms with van der Waals surface area (Å²) in [6.07, 6.45) is 1.90. The third kappa shape index (κ3) is 1.21. The number of H-pyrrole nitrogens is 1. The molecule has 0 unspecified atom stereocenters. The molecule has 1 heterocycles. The zero-order chi connectivity index (χ0) is 5.82. The van der Waals surface area contributed by atoms with Crippen molar-refractivity contribution >= 4 is 10.5 Å². The highest BCUT2D eigenvalue weighted by Crippen LogP contribution is 1.93. The third-order valence-corrected chi connectivity index (χ3v) is 1.25. The molecule has 1 aromatic heterocycles. The molecule has 0 saturated heterocycles. The Morgan fingerprint density at radius 1 is 1.75 bits per heavy atom.